The first-order valence-corrected chi connectivity index (χ1v) is 11.7. The van der Waals surface area contributed by atoms with Gasteiger partial charge in [-0.3, -0.25) is 14.6 Å². The van der Waals surface area contributed by atoms with Crippen molar-refractivity contribution in [2.75, 3.05) is 6.54 Å². The lowest BCUT2D eigenvalue weighted by molar-refractivity contribution is -0.139. The highest BCUT2D eigenvalue weighted by atomic mass is 16.4. The molecule has 0 radical (unpaired) electrons. The Kier molecular flexibility index (Phi) is 9.39. The highest BCUT2D eigenvalue weighted by Gasteiger charge is 2.22. The monoisotopic (exact) mass is 489 g/mol. The Balaban J connectivity index is 1.73. The van der Waals surface area contributed by atoms with Crippen molar-refractivity contribution < 1.29 is 14.7 Å². The molecule has 0 fully saturated rings. The molecule has 1 aromatic heterocycles. The summed E-state index contributed by atoms with van der Waals surface area (Å²) in [6.45, 7) is 0.624. The van der Waals surface area contributed by atoms with Gasteiger partial charge in [0.2, 0.25) is 0 Å². The van der Waals surface area contributed by atoms with Crippen molar-refractivity contribution in [3.05, 3.63) is 106 Å². The highest BCUT2D eigenvalue weighted by Crippen LogP contribution is 2.28. The summed E-state index contributed by atoms with van der Waals surface area (Å²) in [5, 5.41) is 11.9. The number of carbonyl (C=O) groups is 2. The lowest BCUT2D eigenvalue weighted by Gasteiger charge is -2.19. The van der Waals surface area contributed by atoms with Crippen molar-refractivity contribution in [3.8, 4) is 0 Å². The van der Waals surface area contributed by atoms with E-state index in [4.69, 9.17) is 11.5 Å². The molecule has 1 atom stereocenters. The van der Waals surface area contributed by atoms with Gasteiger partial charge in [-0.25, -0.2) is 4.79 Å². The Hall–Kier alpha value is -4.40. The molecule has 6 N–H and O–H groups in total. The number of nitrogens with two attached hydrogens (primary N) is 2. The van der Waals surface area contributed by atoms with E-state index in [1.165, 1.54) is 10.6 Å². The molecule has 3 rings (SSSR count). The van der Waals surface area contributed by atoms with Crippen LogP contribution in [0.1, 0.15) is 46.7 Å². The summed E-state index contributed by atoms with van der Waals surface area (Å²) in [7, 11) is 0. The van der Waals surface area contributed by atoms with Crippen LogP contribution in [0, 0.1) is 0 Å². The molecule has 36 heavy (non-hydrogen) atoms. The van der Waals surface area contributed by atoms with Crippen LogP contribution in [-0.4, -0.2) is 40.1 Å². The van der Waals surface area contributed by atoms with E-state index in [1.807, 2.05) is 36.4 Å². The predicted molar refractivity (Wildman–Crippen MR) is 139 cm³/mol. The SMILES string of the molecule is NC(N)=NCCCC(NC(=O)c1cccn(CCC(c2ccccc2)c2ccccc2)c1=O)C(=O)O. The molecule has 0 bridgehead atoms. The minimum atomic E-state index is -1.20. The highest BCUT2D eigenvalue weighted by molar-refractivity contribution is 5.96. The summed E-state index contributed by atoms with van der Waals surface area (Å²) in [5.41, 5.74) is 12.2. The molecule has 188 valence electrons. The molecule has 3 aromatic rings. The maximum atomic E-state index is 13.1. The van der Waals surface area contributed by atoms with Crippen LogP contribution in [0.25, 0.3) is 0 Å². The summed E-state index contributed by atoms with van der Waals surface area (Å²) in [5.74, 6) is -1.94. The number of aliphatic carboxylic acids is 1. The van der Waals surface area contributed by atoms with Crippen molar-refractivity contribution in [3.63, 3.8) is 0 Å². The Bertz CT molecular complexity index is 1200. The summed E-state index contributed by atoms with van der Waals surface area (Å²) in [6, 6.07) is 21.9. The number of guanidine groups is 1. The van der Waals surface area contributed by atoms with E-state index in [-0.39, 0.29) is 30.4 Å². The zero-order valence-corrected chi connectivity index (χ0v) is 19.9. The fourth-order valence-electron chi connectivity index (χ4n) is 4.05. The number of hydrogen-bond acceptors (Lipinski definition) is 4. The van der Waals surface area contributed by atoms with Gasteiger partial charge in [-0.05, 0) is 42.5 Å². The average molecular weight is 490 g/mol. The van der Waals surface area contributed by atoms with Gasteiger partial charge in [0.05, 0.1) is 0 Å². The maximum absolute atomic E-state index is 13.1. The number of hydrogen-bond donors (Lipinski definition) is 4. The molecule has 0 aliphatic rings. The summed E-state index contributed by atoms with van der Waals surface area (Å²) >= 11 is 0. The molecule has 9 nitrogen and oxygen atoms in total. The van der Waals surface area contributed by atoms with Crippen LogP contribution in [0.4, 0.5) is 0 Å². The lowest BCUT2D eigenvalue weighted by atomic mass is 9.88. The van der Waals surface area contributed by atoms with Gasteiger partial charge in [0.25, 0.3) is 11.5 Å². The first kappa shape index (κ1) is 26.2. The van der Waals surface area contributed by atoms with Crippen molar-refractivity contribution in [1.82, 2.24) is 9.88 Å². The van der Waals surface area contributed by atoms with Gasteiger partial charge in [-0.2, -0.15) is 0 Å². The number of nitrogens with one attached hydrogen (secondary N) is 1. The third-order valence-electron chi connectivity index (χ3n) is 5.88. The van der Waals surface area contributed by atoms with Gasteiger partial charge >= 0.3 is 5.97 Å². The lowest BCUT2D eigenvalue weighted by Crippen LogP contribution is -2.43. The summed E-state index contributed by atoms with van der Waals surface area (Å²) in [4.78, 5) is 41.3. The predicted octanol–water partition coefficient (Wildman–Crippen LogP) is 2.31. The number of amides is 1. The topological polar surface area (TPSA) is 153 Å². The van der Waals surface area contributed by atoms with Crippen LogP contribution < -0.4 is 22.3 Å². The van der Waals surface area contributed by atoms with Crippen LogP contribution in [0.2, 0.25) is 0 Å². The fraction of sp³-hybridized carbons (Fsp3) is 0.259. The fourth-order valence-corrected chi connectivity index (χ4v) is 4.05. The van der Waals surface area contributed by atoms with Crippen molar-refractivity contribution >= 4 is 17.8 Å². The van der Waals surface area contributed by atoms with Crippen LogP contribution in [-0.2, 0) is 11.3 Å². The summed E-state index contributed by atoms with van der Waals surface area (Å²) < 4.78 is 1.49. The van der Waals surface area contributed by atoms with Crippen molar-refractivity contribution in [2.24, 2.45) is 16.5 Å². The third-order valence-corrected chi connectivity index (χ3v) is 5.88. The first-order chi connectivity index (χ1) is 17.4. The number of carboxylic acid groups (broad SMARTS) is 1. The average Bonchev–Trinajstić information content (AvgIpc) is 2.87. The van der Waals surface area contributed by atoms with Gasteiger partial charge in [0, 0.05) is 25.2 Å². The van der Waals surface area contributed by atoms with E-state index in [0.717, 1.165) is 11.1 Å². The molecule has 1 heterocycles. The van der Waals surface area contributed by atoms with Crippen LogP contribution in [0.5, 0.6) is 0 Å². The van der Waals surface area contributed by atoms with E-state index in [9.17, 15) is 19.5 Å². The molecule has 0 aliphatic heterocycles. The second-order valence-electron chi connectivity index (χ2n) is 8.40. The quantitative estimate of drug-likeness (QED) is 0.174. The van der Waals surface area contributed by atoms with Gasteiger partial charge in [-0.1, -0.05) is 60.7 Å². The number of rotatable bonds is 12. The Morgan fingerprint density at radius 2 is 1.53 bits per heavy atom. The number of carboxylic acids is 1. The van der Waals surface area contributed by atoms with Gasteiger partial charge in [0.1, 0.15) is 11.6 Å². The molecular weight excluding hydrogens is 458 g/mol. The Morgan fingerprint density at radius 1 is 0.917 bits per heavy atom. The van der Waals surface area contributed by atoms with E-state index >= 15 is 0 Å². The number of aromatic nitrogens is 1. The number of aryl methyl sites for hydroxylation is 1. The second kappa shape index (κ2) is 12.9. The molecular formula is C27H31N5O4. The van der Waals surface area contributed by atoms with Crippen LogP contribution in [0.3, 0.4) is 0 Å². The maximum Gasteiger partial charge on any atom is 0.326 e. The molecule has 2 aromatic carbocycles. The zero-order chi connectivity index (χ0) is 25.9. The largest absolute Gasteiger partial charge is 0.480 e. The van der Waals surface area contributed by atoms with Gasteiger partial charge in [0.15, 0.2) is 5.96 Å². The third kappa shape index (κ3) is 7.30. The van der Waals surface area contributed by atoms with E-state index < -0.39 is 23.5 Å². The number of benzene rings is 2. The normalized spacial score (nSPS) is 11.6. The van der Waals surface area contributed by atoms with Crippen molar-refractivity contribution in [1.29, 1.82) is 0 Å². The number of pyridine rings is 1. The smallest absolute Gasteiger partial charge is 0.326 e. The molecule has 0 spiro atoms. The van der Waals surface area contributed by atoms with Crippen LogP contribution in [0.15, 0.2) is 88.8 Å². The molecule has 0 saturated carbocycles. The first-order valence-electron chi connectivity index (χ1n) is 11.7. The molecule has 0 saturated heterocycles. The van der Waals surface area contributed by atoms with E-state index in [1.54, 1.807) is 12.3 Å². The molecule has 9 heteroatoms. The molecule has 0 aliphatic carbocycles. The van der Waals surface area contributed by atoms with E-state index in [0.29, 0.717) is 19.4 Å². The van der Waals surface area contributed by atoms with Gasteiger partial charge in [-0.15, -0.1) is 0 Å². The number of aliphatic imine (C=N–C) groups is 1. The van der Waals surface area contributed by atoms with Crippen LogP contribution >= 0.6 is 0 Å². The van der Waals surface area contributed by atoms with E-state index in [2.05, 4.69) is 34.6 Å². The number of carbonyl (C=O) groups excluding carboxylic acids is 1. The Labute approximate surface area is 209 Å². The standard InChI is InChI=1S/C27H31N5O4/c28-27(29)30-16-7-14-23(26(35)36)31-24(33)22-13-8-17-32(25(22)34)18-15-21(19-9-3-1-4-10-19)20-11-5-2-6-12-20/h1-6,8-13,17,21,23H,7,14-16,18H2,(H,31,33)(H,35,36)(H4,28,29,30). The second-order valence-corrected chi connectivity index (χ2v) is 8.40. The minimum absolute atomic E-state index is 0.0680. The van der Waals surface area contributed by atoms with Gasteiger partial charge < -0.3 is 26.5 Å². The Morgan fingerprint density at radius 3 is 2.08 bits per heavy atom. The van der Waals surface area contributed by atoms with Crippen molar-refractivity contribution in [2.45, 2.75) is 37.8 Å². The number of nitrogens with zero attached hydrogens (tertiary/aromatic N) is 2. The summed E-state index contributed by atoms with van der Waals surface area (Å²) in [6.07, 6.45) is 2.75. The zero-order valence-electron chi connectivity index (χ0n) is 19.9. The molecule has 1 unspecified atom stereocenters. The minimum Gasteiger partial charge on any atom is -0.480 e. The molecule has 1 amide bonds.